The van der Waals surface area contributed by atoms with E-state index in [1.165, 1.54) is 19.3 Å². The fourth-order valence-corrected chi connectivity index (χ4v) is 3.53. The van der Waals surface area contributed by atoms with Gasteiger partial charge in [-0.15, -0.1) is 0 Å². The molecule has 0 aliphatic carbocycles. The number of unbranched alkanes of at least 4 members (excludes halogenated alkanes) is 3. The molecule has 1 aromatic heterocycles. The highest BCUT2D eigenvalue weighted by molar-refractivity contribution is 5.94. The van der Waals surface area contributed by atoms with E-state index in [2.05, 4.69) is 35.1 Å². The highest BCUT2D eigenvalue weighted by Gasteiger charge is 2.21. The minimum absolute atomic E-state index is 0.0786. The van der Waals surface area contributed by atoms with Gasteiger partial charge in [-0.25, -0.2) is 0 Å². The second kappa shape index (κ2) is 10.5. The van der Waals surface area contributed by atoms with Gasteiger partial charge in [0.15, 0.2) is 0 Å². The van der Waals surface area contributed by atoms with E-state index in [1.54, 1.807) is 7.11 Å². The number of nitrogens with zero attached hydrogens (tertiary/aromatic N) is 1. The summed E-state index contributed by atoms with van der Waals surface area (Å²) < 4.78 is 7.56. The van der Waals surface area contributed by atoms with Crippen LogP contribution in [-0.2, 0) is 6.54 Å². The Morgan fingerprint density at radius 1 is 0.966 bits per heavy atom. The number of methoxy groups -OCH3 is 1. The van der Waals surface area contributed by atoms with Crippen LogP contribution >= 0.6 is 0 Å². The molecule has 0 saturated heterocycles. The third kappa shape index (κ3) is 5.50. The van der Waals surface area contributed by atoms with Crippen LogP contribution in [0.25, 0.3) is 0 Å². The van der Waals surface area contributed by atoms with Crippen molar-refractivity contribution in [1.29, 1.82) is 0 Å². The minimum atomic E-state index is -0.227. The number of aromatic nitrogens is 1. The molecule has 4 nitrogen and oxygen atoms in total. The van der Waals surface area contributed by atoms with E-state index in [1.807, 2.05) is 54.6 Å². The fourth-order valence-electron chi connectivity index (χ4n) is 3.53. The van der Waals surface area contributed by atoms with Crippen LogP contribution in [0, 0.1) is 0 Å². The Morgan fingerprint density at radius 2 is 1.72 bits per heavy atom. The van der Waals surface area contributed by atoms with Crippen LogP contribution in [0.4, 0.5) is 0 Å². The van der Waals surface area contributed by atoms with Crippen molar-refractivity contribution in [3.63, 3.8) is 0 Å². The maximum atomic E-state index is 12.9. The van der Waals surface area contributed by atoms with Crippen molar-refractivity contribution in [2.45, 2.75) is 45.2 Å². The van der Waals surface area contributed by atoms with Crippen molar-refractivity contribution >= 4 is 5.91 Å². The summed E-state index contributed by atoms with van der Waals surface area (Å²) in [6.45, 7) is 3.18. The van der Waals surface area contributed by atoms with Crippen LogP contribution in [0.15, 0.2) is 72.9 Å². The van der Waals surface area contributed by atoms with Crippen LogP contribution in [0.5, 0.6) is 5.75 Å². The Morgan fingerprint density at radius 3 is 2.41 bits per heavy atom. The molecule has 29 heavy (non-hydrogen) atoms. The predicted octanol–water partition coefficient (Wildman–Crippen LogP) is 5.60. The smallest absolute Gasteiger partial charge is 0.252 e. The Kier molecular flexibility index (Phi) is 7.51. The van der Waals surface area contributed by atoms with Gasteiger partial charge >= 0.3 is 0 Å². The topological polar surface area (TPSA) is 43.3 Å². The first-order valence-electron chi connectivity index (χ1n) is 10.4. The molecule has 0 bridgehead atoms. The molecule has 0 radical (unpaired) electrons. The van der Waals surface area contributed by atoms with Gasteiger partial charge in [-0.3, -0.25) is 4.79 Å². The average molecular weight is 391 g/mol. The predicted molar refractivity (Wildman–Crippen MR) is 117 cm³/mol. The normalized spacial score (nSPS) is 11.8. The van der Waals surface area contributed by atoms with Gasteiger partial charge in [0, 0.05) is 24.0 Å². The van der Waals surface area contributed by atoms with Gasteiger partial charge in [-0.2, -0.15) is 0 Å². The third-order valence-electron chi connectivity index (χ3n) is 5.17. The zero-order chi connectivity index (χ0) is 20.5. The van der Waals surface area contributed by atoms with E-state index in [9.17, 15) is 4.79 Å². The third-order valence-corrected chi connectivity index (χ3v) is 5.17. The van der Waals surface area contributed by atoms with Crippen molar-refractivity contribution < 1.29 is 9.53 Å². The molecule has 4 heteroatoms. The summed E-state index contributed by atoms with van der Waals surface area (Å²) in [5, 5.41) is 3.23. The van der Waals surface area contributed by atoms with Gasteiger partial charge in [0.05, 0.1) is 13.2 Å². The summed E-state index contributed by atoms with van der Waals surface area (Å²) in [5.74, 6) is 0.724. The summed E-state index contributed by atoms with van der Waals surface area (Å²) in [4.78, 5) is 12.9. The Hall–Kier alpha value is -3.01. The lowest BCUT2D eigenvalue weighted by Crippen LogP contribution is -2.30. The van der Waals surface area contributed by atoms with Crippen LogP contribution in [-0.4, -0.2) is 17.6 Å². The maximum absolute atomic E-state index is 12.9. The number of hydrogen-bond acceptors (Lipinski definition) is 2. The van der Waals surface area contributed by atoms with Crippen molar-refractivity contribution in [2.75, 3.05) is 7.11 Å². The summed E-state index contributed by atoms with van der Waals surface area (Å²) >= 11 is 0. The van der Waals surface area contributed by atoms with Gasteiger partial charge < -0.3 is 14.6 Å². The molecule has 2 aromatic carbocycles. The number of aryl methyl sites for hydroxylation is 1. The molecule has 3 aromatic rings. The van der Waals surface area contributed by atoms with Crippen LogP contribution < -0.4 is 10.1 Å². The van der Waals surface area contributed by atoms with Gasteiger partial charge in [-0.05, 0) is 48.4 Å². The van der Waals surface area contributed by atoms with Crippen molar-refractivity contribution in [3.05, 3.63) is 89.7 Å². The Labute approximate surface area is 173 Å². The second-order valence-electron chi connectivity index (χ2n) is 7.23. The largest absolute Gasteiger partial charge is 0.497 e. The van der Waals surface area contributed by atoms with Gasteiger partial charge in [0.25, 0.3) is 5.91 Å². The molecule has 1 unspecified atom stereocenters. The zero-order valence-electron chi connectivity index (χ0n) is 17.3. The molecule has 1 amide bonds. The van der Waals surface area contributed by atoms with Crippen LogP contribution in [0.3, 0.4) is 0 Å². The Bertz CT molecular complexity index is 885. The summed E-state index contributed by atoms with van der Waals surface area (Å²) in [7, 11) is 1.66. The van der Waals surface area contributed by atoms with E-state index in [4.69, 9.17) is 4.74 Å². The van der Waals surface area contributed by atoms with Gasteiger partial charge in [0.1, 0.15) is 5.75 Å². The SMILES string of the molecule is CCCCCCn1cccc1C(NC(=O)c1ccccc1)c1ccc(OC)cc1. The summed E-state index contributed by atoms with van der Waals surface area (Å²) in [6, 6.07) is 21.2. The molecule has 0 fully saturated rings. The maximum Gasteiger partial charge on any atom is 0.252 e. The molecule has 0 saturated carbocycles. The lowest BCUT2D eigenvalue weighted by atomic mass is 10.0. The first-order chi connectivity index (χ1) is 14.2. The van der Waals surface area contributed by atoms with Crippen LogP contribution in [0.1, 0.15) is 60.3 Å². The second-order valence-corrected chi connectivity index (χ2v) is 7.23. The van der Waals surface area contributed by atoms with E-state index < -0.39 is 0 Å². The molecule has 0 spiro atoms. The number of ether oxygens (including phenoxy) is 1. The minimum Gasteiger partial charge on any atom is -0.497 e. The molecular formula is C25H30N2O2. The molecule has 0 aliphatic heterocycles. The first kappa shape index (κ1) is 20.7. The number of carbonyl (C=O) groups excluding carboxylic acids is 1. The lowest BCUT2D eigenvalue weighted by molar-refractivity contribution is 0.0941. The molecule has 1 atom stereocenters. The molecule has 3 rings (SSSR count). The molecule has 152 valence electrons. The van der Waals surface area contributed by atoms with E-state index >= 15 is 0 Å². The van der Waals surface area contributed by atoms with Crippen molar-refractivity contribution in [3.8, 4) is 5.75 Å². The standard InChI is InChI=1S/C25H30N2O2/c1-3-4-5-9-18-27-19-10-13-23(27)24(20-14-16-22(29-2)17-15-20)26-25(28)21-11-7-6-8-12-21/h6-8,10-17,19,24H,3-5,9,18H2,1-2H3,(H,26,28). The monoisotopic (exact) mass is 390 g/mol. The number of carbonyl (C=O) groups is 1. The van der Waals surface area contributed by atoms with E-state index in [0.29, 0.717) is 5.56 Å². The van der Waals surface area contributed by atoms with Crippen LogP contribution in [0.2, 0.25) is 0 Å². The first-order valence-corrected chi connectivity index (χ1v) is 10.4. The summed E-state index contributed by atoms with van der Waals surface area (Å²) in [6.07, 6.45) is 6.94. The quantitative estimate of drug-likeness (QED) is 0.458. The number of nitrogens with one attached hydrogen (secondary N) is 1. The van der Waals surface area contributed by atoms with Gasteiger partial charge in [-0.1, -0.05) is 56.5 Å². The van der Waals surface area contributed by atoms with E-state index in [0.717, 1.165) is 30.0 Å². The van der Waals surface area contributed by atoms with Crippen molar-refractivity contribution in [2.24, 2.45) is 0 Å². The zero-order valence-corrected chi connectivity index (χ0v) is 17.3. The Balaban J connectivity index is 1.87. The number of rotatable bonds is 10. The number of amides is 1. The molecule has 1 heterocycles. The number of hydrogen-bond donors (Lipinski definition) is 1. The van der Waals surface area contributed by atoms with E-state index in [-0.39, 0.29) is 11.9 Å². The molecule has 1 N–H and O–H groups in total. The highest BCUT2D eigenvalue weighted by Crippen LogP contribution is 2.26. The summed E-state index contributed by atoms with van der Waals surface area (Å²) in [5.41, 5.74) is 2.78. The fraction of sp³-hybridized carbons (Fsp3) is 0.320. The highest BCUT2D eigenvalue weighted by atomic mass is 16.5. The van der Waals surface area contributed by atoms with Crippen molar-refractivity contribution in [1.82, 2.24) is 9.88 Å². The molecular weight excluding hydrogens is 360 g/mol. The molecule has 0 aliphatic rings. The lowest BCUT2D eigenvalue weighted by Gasteiger charge is -2.22. The number of benzene rings is 2. The van der Waals surface area contributed by atoms with Gasteiger partial charge in [0.2, 0.25) is 0 Å². The average Bonchev–Trinajstić information content (AvgIpc) is 3.24.